The molecular weight excluding hydrogens is 422 g/mol. The zero-order chi connectivity index (χ0) is 22.0. The molecule has 0 aliphatic heterocycles. The molecule has 0 bridgehead atoms. The topological polar surface area (TPSA) is 79.3 Å². The van der Waals surface area contributed by atoms with Gasteiger partial charge >= 0.3 is 5.97 Å². The smallest absolute Gasteiger partial charge is 0.326 e. The SMILES string of the molecule is O=C(Cc1csc(-c2ccc(F)cc2)n1)NC(CC1=CCc2cc(F)ccc21)C(=O)O. The van der Waals surface area contributed by atoms with Crippen molar-refractivity contribution in [1.82, 2.24) is 10.3 Å². The monoisotopic (exact) mass is 440 g/mol. The van der Waals surface area contributed by atoms with Crippen molar-refractivity contribution >= 4 is 28.8 Å². The number of nitrogens with zero attached hydrogens (tertiary/aromatic N) is 1. The molecule has 8 heteroatoms. The van der Waals surface area contributed by atoms with Gasteiger partial charge in [-0.25, -0.2) is 18.6 Å². The van der Waals surface area contributed by atoms with Gasteiger partial charge in [0, 0.05) is 17.4 Å². The molecule has 1 unspecified atom stereocenters. The highest BCUT2D eigenvalue weighted by molar-refractivity contribution is 7.13. The molecule has 31 heavy (non-hydrogen) atoms. The van der Waals surface area contributed by atoms with Crippen LogP contribution in [-0.4, -0.2) is 28.0 Å². The molecule has 4 rings (SSSR count). The lowest BCUT2D eigenvalue weighted by Crippen LogP contribution is -2.41. The molecule has 2 N–H and O–H groups in total. The molecule has 0 radical (unpaired) electrons. The first-order valence-electron chi connectivity index (χ1n) is 9.59. The van der Waals surface area contributed by atoms with Gasteiger partial charge in [0.25, 0.3) is 0 Å². The molecule has 1 aliphatic rings. The van der Waals surface area contributed by atoms with Crippen LogP contribution in [0.4, 0.5) is 8.78 Å². The number of amides is 1. The molecule has 1 atom stereocenters. The molecule has 0 saturated carbocycles. The molecule has 3 aromatic rings. The third-order valence-corrected chi connectivity index (χ3v) is 5.96. The number of allylic oxidation sites excluding steroid dienone is 1. The fourth-order valence-corrected chi connectivity index (χ4v) is 4.35. The zero-order valence-electron chi connectivity index (χ0n) is 16.3. The summed E-state index contributed by atoms with van der Waals surface area (Å²) in [6.07, 6.45) is 2.44. The molecule has 1 amide bonds. The third-order valence-electron chi connectivity index (χ3n) is 5.02. The Balaban J connectivity index is 1.40. The van der Waals surface area contributed by atoms with Crippen LogP contribution in [0.3, 0.4) is 0 Å². The van der Waals surface area contributed by atoms with Gasteiger partial charge in [-0.3, -0.25) is 4.79 Å². The molecule has 0 saturated heterocycles. The van der Waals surface area contributed by atoms with Crippen LogP contribution in [0, 0.1) is 11.6 Å². The molecule has 1 heterocycles. The second kappa shape index (κ2) is 8.77. The summed E-state index contributed by atoms with van der Waals surface area (Å²) in [5.41, 5.74) is 3.64. The molecular formula is C23H18F2N2O3S. The van der Waals surface area contributed by atoms with Crippen molar-refractivity contribution in [2.75, 3.05) is 0 Å². The molecule has 5 nitrogen and oxygen atoms in total. The second-order valence-corrected chi connectivity index (χ2v) is 8.08. The first kappa shape index (κ1) is 20.9. The van der Waals surface area contributed by atoms with E-state index in [1.54, 1.807) is 23.6 Å². The van der Waals surface area contributed by atoms with Crippen molar-refractivity contribution in [3.05, 3.63) is 82.4 Å². The second-order valence-electron chi connectivity index (χ2n) is 7.23. The van der Waals surface area contributed by atoms with Crippen molar-refractivity contribution in [2.24, 2.45) is 0 Å². The number of aromatic nitrogens is 1. The standard InChI is InChI=1S/C23H18F2N2O3S/c24-16-5-3-13(4-6-16)22-26-18(12-31-22)11-21(28)27-20(23(29)30)10-15-2-1-14-9-17(25)7-8-19(14)15/h2-9,12,20H,1,10-11H2,(H,27,28)(H,29,30). The zero-order valence-corrected chi connectivity index (χ0v) is 17.1. The summed E-state index contributed by atoms with van der Waals surface area (Å²) < 4.78 is 26.5. The molecule has 1 aromatic heterocycles. The van der Waals surface area contributed by atoms with Crippen LogP contribution >= 0.6 is 11.3 Å². The Labute approximate surface area is 181 Å². The van der Waals surface area contributed by atoms with Gasteiger partial charge in [-0.05, 0) is 59.5 Å². The normalized spacial score (nSPS) is 13.4. The summed E-state index contributed by atoms with van der Waals surface area (Å²) in [4.78, 5) is 28.5. The van der Waals surface area contributed by atoms with E-state index in [-0.39, 0.29) is 24.5 Å². The number of fused-ring (bicyclic) bond motifs is 1. The van der Waals surface area contributed by atoms with Crippen LogP contribution in [-0.2, 0) is 22.4 Å². The fourth-order valence-electron chi connectivity index (χ4n) is 3.52. The first-order chi connectivity index (χ1) is 14.9. The van der Waals surface area contributed by atoms with Gasteiger partial charge in [0.2, 0.25) is 5.91 Å². The predicted molar refractivity (Wildman–Crippen MR) is 113 cm³/mol. The summed E-state index contributed by atoms with van der Waals surface area (Å²) in [6.45, 7) is 0. The van der Waals surface area contributed by atoms with Crippen LogP contribution in [0.2, 0.25) is 0 Å². The van der Waals surface area contributed by atoms with Crippen molar-refractivity contribution < 1.29 is 23.5 Å². The van der Waals surface area contributed by atoms with E-state index in [0.29, 0.717) is 17.1 Å². The number of thiazole rings is 1. The number of benzene rings is 2. The number of rotatable bonds is 7. The van der Waals surface area contributed by atoms with Gasteiger partial charge in [-0.15, -0.1) is 11.3 Å². The maximum Gasteiger partial charge on any atom is 0.326 e. The van der Waals surface area contributed by atoms with E-state index in [1.807, 2.05) is 6.08 Å². The highest BCUT2D eigenvalue weighted by Crippen LogP contribution is 2.31. The van der Waals surface area contributed by atoms with E-state index in [0.717, 1.165) is 22.3 Å². The highest BCUT2D eigenvalue weighted by Gasteiger charge is 2.25. The molecule has 0 spiro atoms. The number of carbonyl (C=O) groups is 2. The quantitative estimate of drug-likeness (QED) is 0.576. The number of halogens is 2. The van der Waals surface area contributed by atoms with E-state index < -0.39 is 17.9 Å². The first-order valence-corrected chi connectivity index (χ1v) is 10.5. The largest absolute Gasteiger partial charge is 0.480 e. The Kier molecular flexibility index (Phi) is 5.90. The van der Waals surface area contributed by atoms with Gasteiger partial charge in [-0.2, -0.15) is 0 Å². The lowest BCUT2D eigenvalue weighted by molar-refractivity contribution is -0.141. The Morgan fingerprint density at radius 3 is 2.61 bits per heavy atom. The number of aliphatic carboxylic acids is 1. The van der Waals surface area contributed by atoms with Crippen molar-refractivity contribution in [1.29, 1.82) is 0 Å². The minimum Gasteiger partial charge on any atom is -0.480 e. The Hall–Kier alpha value is -3.39. The third kappa shape index (κ3) is 4.86. The van der Waals surface area contributed by atoms with Crippen LogP contribution in [0.1, 0.15) is 23.2 Å². The summed E-state index contributed by atoms with van der Waals surface area (Å²) in [5, 5.41) is 14.5. The summed E-state index contributed by atoms with van der Waals surface area (Å²) in [7, 11) is 0. The summed E-state index contributed by atoms with van der Waals surface area (Å²) in [6, 6.07) is 9.20. The molecule has 2 aromatic carbocycles. The number of nitrogens with one attached hydrogen (secondary N) is 1. The molecule has 158 valence electrons. The molecule has 1 aliphatic carbocycles. The van der Waals surface area contributed by atoms with Crippen LogP contribution in [0.15, 0.2) is 53.9 Å². The van der Waals surface area contributed by atoms with Crippen LogP contribution in [0.5, 0.6) is 0 Å². The van der Waals surface area contributed by atoms with Crippen LogP contribution in [0.25, 0.3) is 16.1 Å². The number of carboxylic acid groups (broad SMARTS) is 1. The Morgan fingerprint density at radius 2 is 1.87 bits per heavy atom. The van der Waals surface area contributed by atoms with E-state index >= 15 is 0 Å². The van der Waals surface area contributed by atoms with E-state index in [2.05, 4.69) is 10.3 Å². The van der Waals surface area contributed by atoms with E-state index in [4.69, 9.17) is 0 Å². The minimum atomic E-state index is -1.14. The van der Waals surface area contributed by atoms with Crippen LogP contribution < -0.4 is 5.32 Å². The van der Waals surface area contributed by atoms with Gasteiger partial charge in [-0.1, -0.05) is 12.1 Å². The average Bonchev–Trinajstić information content (AvgIpc) is 3.35. The maximum atomic E-state index is 13.4. The van der Waals surface area contributed by atoms with Gasteiger partial charge in [0.05, 0.1) is 12.1 Å². The fraction of sp³-hybridized carbons (Fsp3) is 0.174. The van der Waals surface area contributed by atoms with Gasteiger partial charge in [0.15, 0.2) is 0 Å². The summed E-state index contributed by atoms with van der Waals surface area (Å²) >= 11 is 1.33. The van der Waals surface area contributed by atoms with Crippen molar-refractivity contribution in [3.8, 4) is 10.6 Å². The van der Waals surface area contributed by atoms with Gasteiger partial charge < -0.3 is 10.4 Å². The van der Waals surface area contributed by atoms with Gasteiger partial charge in [0.1, 0.15) is 22.7 Å². The molecule has 0 fully saturated rings. The maximum absolute atomic E-state index is 13.4. The minimum absolute atomic E-state index is 0.0671. The average molecular weight is 440 g/mol. The Bertz CT molecular complexity index is 1170. The number of carboxylic acids is 1. The number of hydrogen-bond acceptors (Lipinski definition) is 4. The highest BCUT2D eigenvalue weighted by atomic mass is 32.1. The number of carbonyl (C=O) groups excluding carboxylic acids is 1. The Morgan fingerprint density at radius 1 is 1.13 bits per heavy atom. The van der Waals surface area contributed by atoms with Crippen molar-refractivity contribution in [2.45, 2.75) is 25.3 Å². The van der Waals surface area contributed by atoms with E-state index in [9.17, 15) is 23.5 Å². The number of hydrogen-bond donors (Lipinski definition) is 2. The predicted octanol–water partition coefficient (Wildman–Crippen LogP) is 4.23. The van der Waals surface area contributed by atoms with E-state index in [1.165, 1.54) is 35.6 Å². The lowest BCUT2D eigenvalue weighted by Gasteiger charge is -2.16. The summed E-state index contributed by atoms with van der Waals surface area (Å²) in [5.74, 6) is -2.28. The lowest BCUT2D eigenvalue weighted by atomic mass is 9.99. The van der Waals surface area contributed by atoms with Crippen molar-refractivity contribution in [3.63, 3.8) is 0 Å².